The topological polar surface area (TPSA) is 17.1 Å². The molecule has 0 bridgehead atoms. The summed E-state index contributed by atoms with van der Waals surface area (Å²) in [5.74, 6) is 5.05. The summed E-state index contributed by atoms with van der Waals surface area (Å²) in [6, 6.07) is 0. The minimum absolute atomic E-state index is 0.522. The maximum Gasteiger partial charge on any atom is 0.133 e. The normalized spacial score (nSPS) is 49.6. The molecule has 1 heteroatoms. The summed E-state index contributed by atoms with van der Waals surface area (Å²) in [5, 5.41) is 0. The van der Waals surface area contributed by atoms with Gasteiger partial charge in [0.05, 0.1) is 0 Å². The molecule has 0 aromatic rings. The number of carbonyl (C=O) groups is 1. The van der Waals surface area contributed by atoms with Crippen LogP contribution < -0.4 is 0 Å². The van der Waals surface area contributed by atoms with Crippen molar-refractivity contribution >= 4 is 5.78 Å². The Labute approximate surface area is 135 Å². The van der Waals surface area contributed by atoms with E-state index in [4.69, 9.17) is 0 Å². The van der Waals surface area contributed by atoms with Crippen LogP contribution in [0.5, 0.6) is 0 Å². The monoisotopic (exact) mass is 300 g/mol. The number of allylic oxidation sites excluding steroid dienone is 2. The summed E-state index contributed by atoms with van der Waals surface area (Å²) in [5.41, 5.74) is 2.31. The van der Waals surface area contributed by atoms with Crippen LogP contribution in [0.2, 0.25) is 0 Å². The van der Waals surface area contributed by atoms with E-state index in [0.717, 1.165) is 42.4 Å². The Morgan fingerprint density at radius 2 is 1.91 bits per heavy atom. The van der Waals surface area contributed by atoms with Gasteiger partial charge in [0.15, 0.2) is 0 Å². The lowest BCUT2D eigenvalue weighted by Gasteiger charge is -2.54. The number of hydrogen-bond donors (Lipinski definition) is 0. The lowest BCUT2D eigenvalue weighted by molar-refractivity contribution is -0.126. The molecule has 4 saturated carbocycles. The molecule has 0 unspecified atom stereocenters. The van der Waals surface area contributed by atoms with Gasteiger partial charge in [-0.15, -0.1) is 0 Å². The van der Waals surface area contributed by atoms with Crippen molar-refractivity contribution < 1.29 is 4.79 Å². The number of Topliss-reactive ketones (excluding diaryl/α,β-unsaturated/α-hetero) is 1. The van der Waals surface area contributed by atoms with Crippen LogP contribution in [0.3, 0.4) is 0 Å². The number of ketones is 1. The molecule has 6 atom stereocenters. The van der Waals surface area contributed by atoms with E-state index in [-0.39, 0.29) is 0 Å². The third-order valence-electron chi connectivity index (χ3n) is 8.06. The van der Waals surface area contributed by atoms with Gasteiger partial charge in [-0.3, -0.25) is 4.79 Å². The van der Waals surface area contributed by atoms with Crippen molar-refractivity contribution in [2.24, 2.45) is 35.0 Å². The molecule has 22 heavy (non-hydrogen) atoms. The second-order valence-electron chi connectivity index (χ2n) is 8.85. The van der Waals surface area contributed by atoms with E-state index >= 15 is 0 Å². The predicted octanol–water partition coefficient (Wildman–Crippen LogP) is 5.54. The molecule has 0 aromatic heterocycles. The molecule has 0 N–H and O–H groups in total. The standard InChI is InChI=1S/C21H32O/c1-3-4-15-6-10-20-19-8-5-14-13-16(22)7-9-17(14)18(19)11-12-21(15,20)2/h4,14,17-20H,3,5-13H2,1-2H3/b15-4-/t14-,17-,18+,19+,20-,21+/m0/s1. The van der Waals surface area contributed by atoms with Crippen molar-refractivity contribution in [1.29, 1.82) is 0 Å². The molecule has 122 valence electrons. The zero-order chi connectivity index (χ0) is 15.3. The summed E-state index contributed by atoms with van der Waals surface area (Å²) < 4.78 is 0. The van der Waals surface area contributed by atoms with E-state index in [2.05, 4.69) is 19.9 Å². The van der Waals surface area contributed by atoms with E-state index in [1.54, 1.807) is 5.57 Å². The fraction of sp³-hybridized carbons (Fsp3) is 0.857. The Hall–Kier alpha value is -0.590. The van der Waals surface area contributed by atoms with E-state index in [0.29, 0.717) is 11.2 Å². The maximum absolute atomic E-state index is 11.8. The van der Waals surface area contributed by atoms with Crippen LogP contribution in [0, 0.1) is 35.0 Å². The van der Waals surface area contributed by atoms with Crippen LogP contribution in [0.15, 0.2) is 11.6 Å². The van der Waals surface area contributed by atoms with Crippen LogP contribution in [-0.2, 0) is 4.79 Å². The zero-order valence-electron chi connectivity index (χ0n) is 14.4. The van der Waals surface area contributed by atoms with E-state index in [1.807, 2.05) is 0 Å². The van der Waals surface area contributed by atoms with E-state index < -0.39 is 0 Å². The lowest BCUT2D eigenvalue weighted by atomic mass is 9.50. The fourth-order valence-corrected chi connectivity index (χ4v) is 7.09. The van der Waals surface area contributed by atoms with Gasteiger partial charge in [-0.05, 0) is 86.4 Å². The van der Waals surface area contributed by atoms with Crippen molar-refractivity contribution in [3.63, 3.8) is 0 Å². The first-order chi connectivity index (χ1) is 10.6. The molecular weight excluding hydrogens is 268 g/mol. The first kappa shape index (κ1) is 15.0. The quantitative estimate of drug-likeness (QED) is 0.581. The molecule has 0 saturated heterocycles. The van der Waals surface area contributed by atoms with Crippen LogP contribution in [0.1, 0.15) is 78.1 Å². The highest BCUT2D eigenvalue weighted by molar-refractivity contribution is 5.79. The second kappa shape index (κ2) is 5.49. The average Bonchev–Trinajstić information content (AvgIpc) is 2.84. The van der Waals surface area contributed by atoms with Crippen molar-refractivity contribution in [1.82, 2.24) is 0 Å². The third-order valence-corrected chi connectivity index (χ3v) is 8.06. The number of hydrogen-bond acceptors (Lipinski definition) is 1. The van der Waals surface area contributed by atoms with Crippen LogP contribution in [-0.4, -0.2) is 5.78 Å². The van der Waals surface area contributed by atoms with Crippen LogP contribution in [0.25, 0.3) is 0 Å². The lowest BCUT2D eigenvalue weighted by Crippen LogP contribution is -2.47. The Bertz CT molecular complexity index is 490. The molecule has 0 aromatic carbocycles. The van der Waals surface area contributed by atoms with E-state index in [1.165, 1.54) is 51.4 Å². The van der Waals surface area contributed by atoms with Gasteiger partial charge in [0, 0.05) is 12.8 Å². The summed E-state index contributed by atoms with van der Waals surface area (Å²) >= 11 is 0. The van der Waals surface area contributed by atoms with Gasteiger partial charge in [-0.2, -0.15) is 0 Å². The first-order valence-electron chi connectivity index (χ1n) is 9.84. The molecule has 4 rings (SSSR count). The molecule has 0 radical (unpaired) electrons. The summed E-state index contributed by atoms with van der Waals surface area (Å²) in [6.07, 6.45) is 15.2. The van der Waals surface area contributed by atoms with E-state index in [9.17, 15) is 4.79 Å². The van der Waals surface area contributed by atoms with Gasteiger partial charge < -0.3 is 0 Å². The first-order valence-corrected chi connectivity index (χ1v) is 9.84. The fourth-order valence-electron chi connectivity index (χ4n) is 7.09. The minimum Gasteiger partial charge on any atom is -0.300 e. The molecule has 4 aliphatic rings. The number of rotatable bonds is 1. The smallest absolute Gasteiger partial charge is 0.133 e. The Morgan fingerprint density at radius 1 is 1.05 bits per heavy atom. The summed E-state index contributed by atoms with van der Waals surface area (Å²) in [7, 11) is 0. The van der Waals surface area contributed by atoms with Crippen molar-refractivity contribution in [3.05, 3.63) is 11.6 Å². The largest absolute Gasteiger partial charge is 0.300 e. The van der Waals surface area contributed by atoms with Crippen LogP contribution in [0.4, 0.5) is 0 Å². The van der Waals surface area contributed by atoms with Crippen molar-refractivity contribution in [3.8, 4) is 0 Å². The highest BCUT2D eigenvalue weighted by Gasteiger charge is 2.55. The molecule has 0 aliphatic heterocycles. The molecule has 0 spiro atoms. The minimum atomic E-state index is 0.522. The van der Waals surface area contributed by atoms with Gasteiger partial charge in [0.25, 0.3) is 0 Å². The predicted molar refractivity (Wildman–Crippen MR) is 90.5 cm³/mol. The van der Waals surface area contributed by atoms with Gasteiger partial charge in [0.2, 0.25) is 0 Å². The number of carbonyl (C=O) groups excluding carboxylic acids is 1. The zero-order valence-corrected chi connectivity index (χ0v) is 14.4. The summed E-state index contributed by atoms with van der Waals surface area (Å²) in [6.45, 7) is 4.87. The maximum atomic E-state index is 11.8. The number of fused-ring (bicyclic) bond motifs is 5. The molecule has 1 nitrogen and oxygen atoms in total. The van der Waals surface area contributed by atoms with Crippen molar-refractivity contribution in [2.75, 3.05) is 0 Å². The van der Waals surface area contributed by atoms with Crippen LogP contribution >= 0.6 is 0 Å². The molecule has 4 fully saturated rings. The van der Waals surface area contributed by atoms with Gasteiger partial charge in [-0.1, -0.05) is 25.5 Å². The SMILES string of the molecule is CC/C=C1/CC[C@H]2[C@@H]3CC[C@H]4CC(=O)CC[C@@H]4[C@H]3CC[C@]12C. The molecule has 0 amide bonds. The Kier molecular flexibility index (Phi) is 3.74. The second-order valence-corrected chi connectivity index (χ2v) is 8.85. The Morgan fingerprint density at radius 3 is 2.73 bits per heavy atom. The Balaban J connectivity index is 1.58. The van der Waals surface area contributed by atoms with Gasteiger partial charge in [0.1, 0.15) is 5.78 Å². The van der Waals surface area contributed by atoms with Gasteiger partial charge >= 0.3 is 0 Å². The average molecular weight is 300 g/mol. The molecular formula is C21H32O. The highest BCUT2D eigenvalue weighted by atomic mass is 16.1. The highest BCUT2D eigenvalue weighted by Crippen LogP contribution is 2.63. The van der Waals surface area contributed by atoms with Crippen molar-refractivity contribution in [2.45, 2.75) is 78.1 Å². The molecule has 4 aliphatic carbocycles. The summed E-state index contributed by atoms with van der Waals surface area (Å²) in [4.78, 5) is 11.8. The van der Waals surface area contributed by atoms with Gasteiger partial charge in [-0.25, -0.2) is 0 Å². The third kappa shape index (κ3) is 2.14. The molecule has 0 heterocycles.